The minimum absolute atomic E-state index is 0.187. The molecule has 1 N–H and O–H groups in total. The number of aryl methyl sites for hydroxylation is 1. The third-order valence-corrected chi connectivity index (χ3v) is 2.41. The average Bonchev–Trinajstić information content (AvgIpc) is 2.55. The largest absolute Gasteiger partial charge is 0.494 e. The highest BCUT2D eigenvalue weighted by Crippen LogP contribution is 2.30. The normalized spacial score (nSPS) is 10.6. The molecule has 0 amide bonds. The van der Waals surface area contributed by atoms with Gasteiger partial charge in [-0.15, -0.1) is 0 Å². The van der Waals surface area contributed by atoms with Gasteiger partial charge in [0, 0.05) is 7.05 Å². The molecule has 5 nitrogen and oxygen atoms in total. The lowest BCUT2D eigenvalue weighted by Gasteiger charge is -2.06. The zero-order valence-corrected chi connectivity index (χ0v) is 8.83. The molecule has 15 heavy (non-hydrogen) atoms. The fourth-order valence-electron chi connectivity index (χ4n) is 1.63. The lowest BCUT2D eigenvalue weighted by atomic mass is 10.2. The summed E-state index contributed by atoms with van der Waals surface area (Å²) in [7, 11) is 4.81. The Hall–Kier alpha value is -1.91. The van der Waals surface area contributed by atoms with Gasteiger partial charge in [-0.2, -0.15) is 0 Å². The van der Waals surface area contributed by atoms with Crippen molar-refractivity contribution in [3.8, 4) is 11.5 Å². The number of hydrogen-bond donors (Lipinski definition) is 1. The lowest BCUT2D eigenvalue weighted by Crippen LogP contribution is -2.12. The van der Waals surface area contributed by atoms with Crippen LogP contribution in [0.4, 0.5) is 0 Å². The molecule has 2 rings (SSSR count). The first kappa shape index (κ1) is 9.64. The number of rotatable bonds is 2. The average molecular weight is 208 g/mol. The summed E-state index contributed by atoms with van der Waals surface area (Å²) in [6, 6.07) is 3.53. The topological polar surface area (TPSA) is 56.2 Å². The van der Waals surface area contributed by atoms with Crippen molar-refractivity contribution in [2.45, 2.75) is 0 Å². The Bertz CT molecular complexity index is 554. The lowest BCUT2D eigenvalue weighted by molar-refractivity contribution is 0.409. The van der Waals surface area contributed by atoms with Crippen LogP contribution in [-0.4, -0.2) is 23.8 Å². The molecule has 0 unspecified atom stereocenters. The highest BCUT2D eigenvalue weighted by atomic mass is 16.5. The van der Waals surface area contributed by atoms with E-state index in [4.69, 9.17) is 9.47 Å². The van der Waals surface area contributed by atoms with Gasteiger partial charge in [0.2, 0.25) is 0 Å². The monoisotopic (exact) mass is 208 g/mol. The van der Waals surface area contributed by atoms with E-state index < -0.39 is 0 Å². The van der Waals surface area contributed by atoms with Gasteiger partial charge in [0.15, 0.2) is 0 Å². The van der Waals surface area contributed by atoms with Crippen LogP contribution in [-0.2, 0) is 7.05 Å². The number of nitrogens with one attached hydrogen (secondary N) is 1. The van der Waals surface area contributed by atoms with Crippen LogP contribution < -0.4 is 15.2 Å². The number of hydrogen-bond acceptors (Lipinski definition) is 3. The summed E-state index contributed by atoms with van der Waals surface area (Å²) in [5, 5.41) is 0. The van der Waals surface area contributed by atoms with Gasteiger partial charge in [-0.1, -0.05) is 0 Å². The smallest absolute Gasteiger partial charge is 0.326 e. The maximum atomic E-state index is 11.5. The molecule has 2 aromatic rings. The minimum Gasteiger partial charge on any atom is -0.494 e. The molecular formula is C10H12N2O3. The Labute approximate surface area is 86.2 Å². The molecule has 0 bridgehead atoms. The Morgan fingerprint density at radius 2 is 1.80 bits per heavy atom. The summed E-state index contributed by atoms with van der Waals surface area (Å²) in [6.07, 6.45) is 0. The number of methoxy groups -OCH3 is 2. The van der Waals surface area contributed by atoms with Crippen LogP contribution in [0.5, 0.6) is 11.5 Å². The van der Waals surface area contributed by atoms with Gasteiger partial charge in [0.05, 0.1) is 14.2 Å². The zero-order chi connectivity index (χ0) is 11.0. The molecule has 5 heteroatoms. The molecule has 0 aliphatic heterocycles. The van der Waals surface area contributed by atoms with Crippen LogP contribution >= 0.6 is 0 Å². The number of fused-ring (bicyclic) bond motifs is 1. The number of ether oxygens (including phenoxy) is 2. The van der Waals surface area contributed by atoms with E-state index in [1.54, 1.807) is 33.4 Å². The maximum Gasteiger partial charge on any atom is 0.326 e. The van der Waals surface area contributed by atoms with Crippen molar-refractivity contribution < 1.29 is 9.47 Å². The Balaban J connectivity index is 2.93. The van der Waals surface area contributed by atoms with Crippen molar-refractivity contribution in [1.82, 2.24) is 9.55 Å². The van der Waals surface area contributed by atoms with E-state index in [-0.39, 0.29) is 5.69 Å². The van der Waals surface area contributed by atoms with Crippen molar-refractivity contribution in [1.29, 1.82) is 0 Å². The third kappa shape index (κ3) is 1.27. The molecule has 1 aromatic heterocycles. The minimum atomic E-state index is -0.187. The van der Waals surface area contributed by atoms with E-state index in [1.165, 1.54) is 4.57 Å². The molecule has 0 spiro atoms. The van der Waals surface area contributed by atoms with Crippen LogP contribution in [0.15, 0.2) is 16.9 Å². The number of imidazole rings is 1. The first-order chi connectivity index (χ1) is 7.19. The number of aromatic amines is 1. The van der Waals surface area contributed by atoms with Crippen molar-refractivity contribution in [3.05, 3.63) is 22.6 Å². The standard InChI is InChI=1S/C10H12N2O3/c1-12-9-7(15-3)5-4-6(14-2)8(9)11-10(12)13/h4-5H,1-3H3,(H,11,13). The highest BCUT2D eigenvalue weighted by molar-refractivity contribution is 5.87. The van der Waals surface area contributed by atoms with Crippen LogP contribution in [0.3, 0.4) is 0 Å². The van der Waals surface area contributed by atoms with Crippen molar-refractivity contribution in [3.63, 3.8) is 0 Å². The van der Waals surface area contributed by atoms with Gasteiger partial charge >= 0.3 is 5.69 Å². The Kier molecular flexibility index (Phi) is 2.15. The van der Waals surface area contributed by atoms with Gasteiger partial charge in [-0.05, 0) is 12.1 Å². The fraction of sp³-hybridized carbons (Fsp3) is 0.300. The quantitative estimate of drug-likeness (QED) is 0.797. The molecule has 0 atom stereocenters. The van der Waals surface area contributed by atoms with E-state index >= 15 is 0 Å². The van der Waals surface area contributed by atoms with Crippen LogP contribution in [0, 0.1) is 0 Å². The second kappa shape index (κ2) is 3.34. The summed E-state index contributed by atoms with van der Waals surface area (Å²) in [5.74, 6) is 1.27. The Morgan fingerprint density at radius 1 is 1.20 bits per heavy atom. The highest BCUT2D eigenvalue weighted by Gasteiger charge is 2.12. The number of nitrogens with zero attached hydrogens (tertiary/aromatic N) is 1. The van der Waals surface area contributed by atoms with Crippen LogP contribution in [0.25, 0.3) is 11.0 Å². The van der Waals surface area contributed by atoms with Crippen molar-refractivity contribution in [2.75, 3.05) is 14.2 Å². The summed E-state index contributed by atoms with van der Waals surface area (Å²) in [5.41, 5.74) is 1.18. The fourth-order valence-corrected chi connectivity index (χ4v) is 1.63. The van der Waals surface area contributed by atoms with Gasteiger partial charge in [0.25, 0.3) is 0 Å². The van der Waals surface area contributed by atoms with E-state index in [9.17, 15) is 4.79 Å². The van der Waals surface area contributed by atoms with E-state index in [1.807, 2.05) is 0 Å². The van der Waals surface area contributed by atoms with Crippen LogP contribution in [0.1, 0.15) is 0 Å². The van der Waals surface area contributed by atoms with Gasteiger partial charge in [-0.25, -0.2) is 4.79 Å². The molecule has 0 saturated heterocycles. The SMILES string of the molecule is COc1ccc(OC)c2c1[nH]c(=O)n2C. The summed E-state index contributed by atoms with van der Waals surface area (Å²) in [4.78, 5) is 14.2. The Morgan fingerprint density at radius 3 is 2.40 bits per heavy atom. The third-order valence-electron chi connectivity index (χ3n) is 2.41. The predicted octanol–water partition coefficient (Wildman–Crippen LogP) is 0.884. The van der Waals surface area contributed by atoms with Gasteiger partial charge in [-0.3, -0.25) is 4.57 Å². The molecular weight excluding hydrogens is 196 g/mol. The molecule has 0 aliphatic carbocycles. The van der Waals surface area contributed by atoms with Crippen LogP contribution in [0.2, 0.25) is 0 Å². The summed E-state index contributed by atoms with van der Waals surface area (Å²) in [6.45, 7) is 0. The first-order valence-corrected chi connectivity index (χ1v) is 4.48. The summed E-state index contributed by atoms with van der Waals surface area (Å²) < 4.78 is 11.8. The molecule has 1 heterocycles. The van der Waals surface area contributed by atoms with Crippen molar-refractivity contribution in [2.24, 2.45) is 7.05 Å². The molecule has 80 valence electrons. The van der Waals surface area contributed by atoms with Crippen molar-refractivity contribution >= 4 is 11.0 Å². The molecule has 0 radical (unpaired) electrons. The molecule has 0 aliphatic rings. The molecule has 0 fully saturated rings. The first-order valence-electron chi connectivity index (χ1n) is 4.48. The predicted molar refractivity (Wildman–Crippen MR) is 56.6 cm³/mol. The van der Waals surface area contributed by atoms with Gasteiger partial charge in [0.1, 0.15) is 22.5 Å². The number of benzene rings is 1. The second-order valence-corrected chi connectivity index (χ2v) is 3.18. The number of H-pyrrole nitrogens is 1. The van der Waals surface area contributed by atoms with E-state index in [0.29, 0.717) is 22.5 Å². The zero-order valence-electron chi connectivity index (χ0n) is 8.83. The van der Waals surface area contributed by atoms with E-state index in [2.05, 4.69) is 4.98 Å². The molecule has 1 aromatic carbocycles. The maximum absolute atomic E-state index is 11.5. The van der Waals surface area contributed by atoms with E-state index in [0.717, 1.165) is 0 Å². The summed E-state index contributed by atoms with van der Waals surface area (Å²) >= 11 is 0. The number of aromatic nitrogens is 2. The second-order valence-electron chi connectivity index (χ2n) is 3.18. The van der Waals surface area contributed by atoms with Gasteiger partial charge < -0.3 is 14.5 Å². The molecule has 0 saturated carbocycles.